The second-order valence-electron chi connectivity index (χ2n) is 3.66. The number of nitrogens with zero attached hydrogens (tertiary/aromatic N) is 2. The number of nitrogens with one attached hydrogen (secondary N) is 2. The Labute approximate surface area is 124 Å². The first-order valence-electron chi connectivity index (χ1n) is 5.38. The van der Waals surface area contributed by atoms with Crippen LogP contribution in [0.4, 0.5) is 5.69 Å². The Balaban J connectivity index is 2.21. The highest BCUT2D eigenvalue weighted by Gasteiger charge is 2.14. The predicted octanol–water partition coefficient (Wildman–Crippen LogP) is 3.58. The molecule has 8 heteroatoms. The summed E-state index contributed by atoms with van der Waals surface area (Å²) in [5, 5.41) is 9.93. The van der Waals surface area contributed by atoms with E-state index in [0.717, 1.165) is 0 Å². The van der Waals surface area contributed by atoms with Crippen molar-refractivity contribution in [3.63, 3.8) is 0 Å². The van der Waals surface area contributed by atoms with Crippen molar-refractivity contribution in [3.8, 4) is 0 Å². The monoisotopic (exact) mass is 318 g/mol. The summed E-state index contributed by atoms with van der Waals surface area (Å²) < 4.78 is 0. The quantitative estimate of drug-likeness (QED) is 0.849. The third kappa shape index (κ3) is 3.18. The number of hydrogen-bond acceptors (Lipinski definition) is 3. The van der Waals surface area contributed by atoms with E-state index >= 15 is 0 Å². The highest BCUT2D eigenvalue weighted by Crippen LogP contribution is 2.32. The molecule has 1 heterocycles. The van der Waals surface area contributed by atoms with Gasteiger partial charge in [0, 0.05) is 6.42 Å². The molecular formula is C11H9Cl3N4O. The van der Waals surface area contributed by atoms with Crippen LogP contribution in [0.5, 0.6) is 0 Å². The van der Waals surface area contributed by atoms with E-state index in [-0.39, 0.29) is 10.8 Å². The van der Waals surface area contributed by atoms with E-state index in [1.165, 1.54) is 12.1 Å². The number of carbonyl (C=O) groups is 1. The van der Waals surface area contributed by atoms with Gasteiger partial charge in [-0.05, 0) is 12.1 Å². The van der Waals surface area contributed by atoms with E-state index < -0.39 is 5.91 Å². The summed E-state index contributed by atoms with van der Waals surface area (Å²) in [5.74, 6) is 0.195. The number of halogens is 3. The Bertz CT molecular complexity index is 626. The van der Waals surface area contributed by atoms with Gasteiger partial charge >= 0.3 is 0 Å². The van der Waals surface area contributed by atoms with Gasteiger partial charge in [0.15, 0.2) is 0 Å². The Morgan fingerprint density at radius 1 is 1.26 bits per heavy atom. The summed E-state index contributed by atoms with van der Waals surface area (Å²) in [5.41, 5.74) is 0.351. The lowest BCUT2D eigenvalue weighted by atomic mass is 10.3. The average Bonchev–Trinajstić information content (AvgIpc) is 2.84. The number of aromatic amines is 1. The minimum Gasteiger partial charge on any atom is -0.318 e. The van der Waals surface area contributed by atoms with Crippen molar-refractivity contribution in [2.75, 3.05) is 5.32 Å². The van der Waals surface area contributed by atoms with Crippen molar-refractivity contribution in [3.05, 3.63) is 38.8 Å². The third-order valence-corrected chi connectivity index (χ3v) is 3.36. The van der Waals surface area contributed by atoms with E-state index in [0.29, 0.717) is 28.0 Å². The highest BCUT2D eigenvalue weighted by atomic mass is 35.5. The maximum atomic E-state index is 11.9. The number of aromatic nitrogens is 3. The molecule has 0 atom stereocenters. The summed E-state index contributed by atoms with van der Waals surface area (Å²) >= 11 is 17.6. The molecule has 1 amide bonds. The van der Waals surface area contributed by atoms with Crippen LogP contribution in [0.1, 0.15) is 23.4 Å². The molecule has 0 unspecified atom stereocenters. The zero-order valence-electron chi connectivity index (χ0n) is 9.80. The van der Waals surface area contributed by atoms with Crippen molar-refractivity contribution < 1.29 is 4.79 Å². The number of H-pyrrole nitrogens is 1. The summed E-state index contributed by atoms with van der Waals surface area (Å²) in [7, 11) is 0. The fourth-order valence-electron chi connectivity index (χ4n) is 1.35. The van der Waals surface area contributed by atoms with Gasteiger partial charge in [0.2, 0.25) is 5.82 Å². The topological polar surface area (TPSA) is 70.7 Å². The van der Waals surface area contributed by atoms with Gasteiger partial charge < -0.3 is 5.32 Å². The van der Waals surface area contributed by atoms with E-state index in [9.17, 15) is 4.79 Å². The zero-order valence-corrected chi connectivity index (χ0v) is 12.1. The number of amides is 1. The third-order valence-electron chi connectivity index (χ3n) is 2.33. The van der Waals surface area contributed by atoms with Gasteiger partial charge in [0.1, 0.15) is 5.82 Å². The minimum atomic E-state index is -0.476. The molecule has 0 fully saturated rings. The standard InChI is InChI=1S/C11H9Cl3N4O/c1-2-9-16-10(18-17-9)11(19)15-8-4-6(13)5(12)3-7(8)14/h3-4H,2H2,1H3,(H,15,19)(H,16,17,18). The van der Waals surface area contributed by atoms with E-state index in [1.54, 1.807) is 0 Å². The number of carbonyl (C=O) groups excluding carboxylic acids is 1. The van der Waals surface area contributed by atoms with Gasteiger partial charge in [-0.25, -0.2) is 4.98 Å². The lowest BCUT2D eigenvalue weighted by Crippen LogP contribution is -2.14. The van der Waals surface area contributed by atoms with Gasteiger partial charge in [-0.15, -0.1) is 5.10 Å². The first kappa shape index (κ1) is 14.1. The fraction of sp³-hybridized carbons (Fsp3) is 0.182. The zero-order chi connectivity index (χ0) is 14.0. The highest BCUT2D eigenvalue weighted by molar-refractivity contribution is 6.44. The van der Waals surface area contributed by atoms with Gasteiger partial charge in [0.25, 0.3) is 5.91 Å². The van der Waals surface area contributed by atoms with Crippen molar-refractivity contribution in [1.29, 1.82) is 0 Å². The normalized spacial score (nSPS) is 10.5. The van der Waals surface area contributed by atoms with Crippen LogP contribution in [0, 0.1) is 0 Å². The van der Waals surface area contributed by atoms with E-state index in [2.05, 4.69) is 20.5 Å². The minimum absolute atomic E-state index is 0.0407. The van der Waals surface area contributed by atoms with Crippen LogP contribution in [0.15, 0.2) is 12.1 Å². The molecule has 0 radical (unpaired) electrons. The number of hydrogen-bond donors (Lipinski definition) is 2. The molecule has 0 aliphatic heterocycles. The number of rotatable bonds is 3. The molecule has 19 heavy (non-hydrogen) atoms. The molecular weight excluding hydrogens is 311 g/mol. The molecule has 2 N–H and O–H groups in total. The van der Waals surface area contributed by atoms with Gasteiger partial charge in [-0.3, -0.25) is 9.89 Å². The fourth-order valence-corrected chi connectivity index (χ4v) is 1.95. The lowest BCUT2D eigenvalue weighted by molar-refractivity contribution is 0.101. The van der Waals surface area contributed by atoms with Crippen molar-refractivity contribution >= 4 is 46.4 Å². The predicted molar refractivity (Wildman–Crippen MR) is 75.2 cm³/mol. The molecule has 2 rings (SSSR count). The number of benzene rings is 1. The van der Waals surface area contributed by atoms with Gasteiger partial charge in [0.05, 0.1) is 20.8 Å². The molecule has 0 spiro atoms. The smallest absolute Gasteiger partial charge is 0.295 e. The molecule has 0 bridgehead atoms. The second kappa shape index (κ2) is 5.77. The average molecular weight is 320 g/mol. The Hall–Kier alpha value is -1.30. The number of aryl methyl sites for hydroxylation is 1. The van der Waals surface area contributed by atoms with Crippen LogP contribution < -0.4 is 5.32 Å². The Morgan fingerprint density at radius 3 is 2.58 bits per heavy atom. The van der Waals surface area contributed by atoms with Crippen molar-refractivity contribution in [1.82, 2.24) is 15.2 Å². The van der Waals surface area contributed by atoms with Crippen LogP contribution in [-0.2, 0) is 6.42 Å². The summed E-state index contributed by atoms with van der Waals surface area (Å²) in [6.45, 7) is 1.90. The van der Waals surface area contributed by atoms with Gasteiger partial charge in [-0.1, -0.05) is 41.7 Å². The van der Waals surface area contributed by atoms with Crippen LogP contribution in [0.3, 0.4) is 0 Å². The lowest BCUT2D eigenvalue weighted by Gasteiger charge is -2.06. The first-order chi connectivity index (χ1) is 9.01. The summed E-state index contributed by atoms with van der Waals surface area (Å²) in [6.07, 6.45) is 0.661. The largest absolute Gasteiger partial charge is 0.318 e. The van der Waals surface area contributed by atoms with Crippen molar-refractivity contribution in [2.45, 2.75) is 13.3 Å². The van der Waals surface area contributed by atoms with Crippen LogP contribution in [-0.4, -0.2) is 21.1 Å². The Morgan fingerprint density at radius 2 is 1.95 bits per heavy atom. The van der Waals surface area contributed by atoms with Crippen LogP contribution in [0.2, 0.25) is 15.1 Å². The molecule has 1 aromatic heterocycles. The first-order valence-corrected chi connectivity index (χ1v) is 6.51. The molecule has 0 aliphatic carbocycles. The van der Waals surface area contributed by atoms with Crippen molar-refractivity contribution in [2.24, 2.45) is 0 Å². The van der Waals surface area contributed by atoms with Gasteiger partial charge in [-0.2, -0.15) is 0 Å². The SMILES string of the molecule is CCc1nc(C(=O)Nc2cc(Cl)c(Cl)cc2Cl)n[nH]1. The summed E-state index contributed by atoms with van der Waals surface area (Å²) in [6, 6.07) is 2.92. The second-order valence-corrected chi connectivity index (χ2v) is 4.88. The molecule has 1 aromatic carbocycles. The molecule has 5 nitrogen and oxygen atoms in total. The maximum Gasteiger partial charge on any atom is 0.295 e. The summed E-state index contributed by atoms with van der Waals surface area (Å²) in [4.78, 5) is 15.9. The molecule has 0 aliphatic rings. The van der Waals surface area contributed by atoms with Crippen LogP contribution in [0.25, 0.3) is 0 Å². The molecule has 0 saturated heterocycles. The van der Waals surface area contributed by atoms with E-state index in [4.69, 9.17) is 34.8 Å². The molecule has 0 saturated carbocycles. The molecule has 100 valence electrons. The van der Waals surface area contributed by atoms with E-state index in [1.807, 2.05) is 6.92 Å². The maximum absolute atomic E-state index is 11.9. The van der Waals surface area contributed by atoms with Crippen LogP contribution >= 0.6 is 34.8 Å². The Kier molecular flexibility index (Phi) is 4.29. The number of anilines is 1. The molecule has 2 aromatic rings.